The van der Waals surface area contributed by atoms with Crippen molar-refractivity contribution in [2.24, 2.45) is 0 Å². The third kappa shape index (κ3) is 4.27. The molecule has 5 nitrogen and oxygen atoms in total. The molecule has 3 rings (SSSR count). The van der Waals surface area contributed by atoms with Crippen LogP contribution >= 0.6 is 23.4 Å². The molecule has 0 aromatic heterocycles. The van der Waals surface area contributed by atoms with Crippen molar-refractivity contribution in [2.75, 3.05) is 36.1 Å². The Hall–Kier alpha value is -2.18. The number of thioether (sulfide) groups is 1. The van der Waals surface area contributed by atoms with E-state index >= 15 is 0 Å². The minimum atomic E-state index is -0.205. The number of hydrogen-bond acceptors (Lipinski definition) is 3. The first-order valence-electron chi connectivity index (χ1n) is 7.83. The van der Waals surface area contributed by atoms with Gasteiger partial charge >= 0.3 is 6.03 Å². The molecule has 0 bridgehead atoms. The molecule has 2 aromatic rings. The number of carbonyl (C=O) groups excluding carboxylic acids is 2. The number of anilines is 2. The summed E-state index contributed by atoms with van der Waals surface area (Å²) in [5, 5.41) is 3.45. The highest BCUT2D eigenvalue weighted by molar-refractivity contribution is 7.98. The van der Waals surface area contributed by atoms with Crippen LogP contribution in [0.15, 0.2) is 53.4 Å². The van der Waals surface area contributed by atoms with E-state index in [0.717, 1.165) is 16.3 Å². The molecular formula is C18H18ClN3O2S. The molecule has 1 saturated heterocycles. The van der Waals surface area contributed by atoms with Crippen molar-refractivity contribution >= 4 is 46.7 Å². The number of nitrogens with zero attached hydrogens (tertiary/aromatic N) is 2. The average molecular weight is 376 g/mol. The van der Waals surface area contributed by atoms with Crippen molar-refractivity contribution in [1.82, 2.24) is 4.90 Å². The van der Waals surface area contributed by atoms with E-state index in [2.05, 4.69) is 5.32 Å². The second-order valence-electron chi connectivity index (χ2n) is 5.61. The molecule has 0 spiro atoms. The van der Waals surface area contributed by atoms with Crippen LogP contribution in [0.4, 0.5) is 16.2 Å². The second-order valence-corrected chi connectivity index (χ2v) is 6.92. The summed E-state index contributed by atoms with van der Waals surface area (Å²) >= 11 is 7.52. The summed E-state index contributed by atoms with van der Waals surface area (Å²) in [7, 11) is 0. The van der Waals surface area contributed by atoms with Gasteiger partial charge < -0.3 is 10.2 Å². The molecule has 0 radical (unpaired) electrons. The Balaban J connectivity index is 1.58. The molecule has 7 heteroatoms. The standard InChI is InChI=1S/C18H18ClN3O2S/c1-25-16-8-4-14(5-9-16)20-17(23)12-21-10-11-22(18(21)24)15-6-2-13(19)3-7-15/h2-9H,10-12H2,1H3,(H,20,23). The molecule has 1 N–H and O–H groups in total. The van der Waals surface area contributed by atoms with Crippen LogP contribution in [0.5, 0.6) is 0 Å². The maximum atomic E-state index is 12.5. The van der Waals surface area contributed by atoms with Crippen molar-refractivity contribution in [3.63, 3.8) is 0 Å². The number of nitrogens with one attached hydrogen (secondary N) is 1. The van der Waals surface area contributed by atoms with Gasteiger partial charge in [0.15, 0.2) is 0 Å². The van der Waals surface area contributed by atoms with Gasteiger partial charge in [-0.05, 0) is 54.8 Å². The van der Waals surface area contributed by atoms with Gasteiger partial charge in [-0.15, -0.1) is 11.8 Å². The zero-order valence-electron chi connectivity index (χ0n) is 13.7. The van der Waals surface area contributed by atoms with Crippen molar-refractivity contribution < 1.29 is 9.59 Å². The average Bonchev–Trinajstić information content (AvgIpc) is 2.97. The third-order valence-corrected chi connectivity index (χ3v) is 4.94. The first-order valence-corrected chi connectivity index (χ1v) is 9.43. The van der Waals surface area contributed by atoms with Gasteiger partial charge in [-0.3, -0.25) is 9.69 Å². The van der Waals surface area contributed by atoms with Crippen molar-refractivity contribution in [3.05, 3.63) is 53.6 Å². The quantitative estimate of drug-likeness (QED) is 0.805. The fourth-order valence-corrected chi connectivity index (χ4v) is 3.17. The van der Waals surface area contributed by atoms with Crippen LogP contribution in [0.3, 0.4) is 0 Å². The Kier molecular flexibility index (Phi) is 5.50. The highest BCUT2D eigenvalue weighted by Crippen LogP contribution is 2.22. The van der Waals surface area contributed by atoms with Crippen LogP contribution in [0.2, 0.25) is 5.02 Å². The van der Waals surface area contributed by atoms with Gasteiger partial charge in [0.25, 0.3) is 0 Å². The van der Waals surface area contributed by atoms with E-state index in [1.807, 2.05) is 30.5 Å². The first kappa shape index (κ1) is 17.6. The normalized spacial score (nSPS) is 14.1. The van der Waals surface area contributed by atoms with Crippen LogP contribution in [-0.4, -0.2) is 42.7 Å². The number of benzene rings is 2. The lowest BCUT2D eigenvalue weighted by Crippen LogP contribution is -2.37. The van der Waals surface area contributed by atoms with Crippen LogP contribution in [-0.2, 0) is 4.79 Å². The molecule has 0 atom stereocenters. The van der Waals surface area contributed by atoms with E-state index in [9.17, 15) is 9.59 Å². The molecule has 0 unspecified atom stereocenters. The van der Waals surface area contributed by atoms with Gasteiger partial charge in [-0.25, -0.2) is 4.79 Å². The van der Waals surface area contributed by atoms with Crippen LogP contribution in [0.1, 0.15) is 0 Å². The van der Waals surface area contributed by atoms with Gasteiger partial charge in [0, 0.05) is 34.4 Å². The summed E-state index contributed by atoms with van der Waals surface area (Å²) in [6.45, 7) is 1.10. The smallest absolute Gasteiger partial charge is 0.325 e. The lowest BCUT2D eigenvalue weighted by Gasteiger charge is -2.18. The predicted octanol–water partition coefficient (Wildman–Crippen LogP) is 3.94. The number of carbonyl (C=O) groups is 2. The molecular weight excluding hydrogens is 358 g/mol. The maximum Gasteiger partial charge on any atom is 0.325 e. The van der Waals surface area contributed by atoms with Gasteiger partial charge in [-0.1, -0.05) is 11.6 Å². The highest BCUT2D eigenvalue weighted by atomic mass is 35.5. The fraction of sp³-hybridized carbons (Fsp3) is 0.222. The fourth-order valence-electron chi connectivity index (χ4n) is 2.64. The summed E-state index contributed by atoms with van der Waals surface area (Å²) in [6.07, 6.45) is 2.00. The minimum absolute atomic E-state index is 0.0349. The van der Waals surface area contributed by atoms with E-state index < -0.39 is 0 Å². The molecule has 130 valence electrons. The Morgan fingerprint density at radius 2 is 1.80 bits per heavy atom. The van der Waals surface area contributed by atoms with E-state index in [1.54, 1.807) is 45.8 Å². The Labute approximate surface area is 155 Å². The topological polar surface area (TPSA) is 52.7 Å². The van der Waals surface area contributed by atoms with Crippen molar-refractivity contribution in [3.8, 4) is 0 Å². The largest absolute Gasteiger partial charge is 0.325 e. The summed E-state index contributed by atoms with van der Waals surface area (Å²) in [5.41, 5.74) is 1.51. The molecule has 3 amide bonds. The Morgan fingerprint density at radius 1 is 1.12 bits per heavy atom. The summed E-state index contributed by atoms with van der Waals surface area (Å²) in [5.74, 6) is -0.205. The Morgan fingerprint density at radius 3 is 2.44 bits per heavy atom. The van der Waals surface area contributed by atoms with Gasteiger partial charge in [-0.2, -0.15) is 0 Å². The minimum Gasteiger partial charge on any atom is -0.325 e. The second kappa shape index (κ2) is 7.80. The van der Waals surface area contributed by atoms with E-state index in [4.69, 9.17) is 11.6 Å². The highest BCUT2D eigenvalue weighted by Gasteiger charge is 2.30. The number of halogens is 1. The molecule has 0 saturated carbocycles. The van der Waals surface area contributed by atoms with E-state index in [0.29, 0.717) is 18.1 Å². The van der Waals surface area contributed by atoms with E-state index in [-0.39, 0.29) is 18.5 Å². The van der Waals surface area contributed by atoms with Gasteiger partial charge in [0.05, 0.1) is 0 Å². The van der Waals surface area contributed by atoms with Crippen LogP contribution in [0, 0.1) is 0 Å². The lowest BCUT2D eigenvalue weighted by atomic mass is 10.3. The van der Waals surface area contributed by atoms with Crippen LogP contribution in [0.25, 0.3) is 0 Å². The Bertz CT molecular complexity index is 765. The molecule has 1 fully saturated rings. The van der Waals surface area contributed by atoms with E-state index in [1.165, 1.54) is 0 Å². The zero-order chi connectivity index (χ0) is 17.8. The van der Waals surface area contributed by atoms with Crippen molar-refractivity contribution in [2.45, 2.75) is 4.90 Å². The van der Waals surface area contributed by atoms with Gasteiger partial charge in [0.2, 0.25) is 5.91 Å². The molecule has 1 heterocycles. The van der Waals surface area contributed by atoms with Crippen molar-refractivity contribution in [1.29, 1.82) is 0 Å². The molecule has 2 aromatic carbocycles. The summed E-state index contributed by atoms with van der Waals surface area (Å²) in [4.78, 5) is 29.0. The molecule has 1 aliphatic rings. The zero-order valence-corrected chi connectivity index (χ0v) is 15.3. The van der Waals surface area contributed by atoms with Gasteiger partial charge in [0.1, 0.15) is 6.54 Å². The lowest BCUT2D eigenvalue weighted by molar-refractivity contribution is -0.116. The number of hydrogen-bond donors (Lipinski definition) is 1. The molecule has 0 aliphatic carbocycles. The first-order chi connectivity index (χ1) is 12.1. The third-order valence-electron chi connectivity index (χ3n) is 3.94. The number of urea groups is 1. The summed E-state index contributed by atoms with van der Waals surface area (Å²) < 4.78 is 0. The SMILES string of the molecule is CSc1ccc(NC(=O)CN2CCN(c3ccc(Cl)cc3)C2=O)cc1. The number of amides is 3. The number of rotatable bonds is 5. The predicted molar refractivity (Wildman–Crippen MR) is 103 cm³/mol. The maximum absolute atomic E-state index is 12.5. The monoisotopic (exact) mass is 375 g/mol. The molecule has 25 heavy (non-hydrogen) atoms. The van der Waals surface area contributed by atoms with Crippen LogP contribution < -0.4 is 10.2 Å². The summed E-state index contributed by atoms with van der Waals surface area (Å²) in [6, 6.07) is 14.5. The molecule has 1 aliphatic heterocycles.